The van der Waals surface area contributed by atoms with Crippen LogP contribution in [-0.2, 0) is 6.54 Å². The molecule has 0 saturated carbocycles. The van der Waals surface area contributed by atoms with Crippen molar-refractivity contribution in [2.45, 2.75) is 13.5 Å². The van der Waals surface area contributed by atoms with E-state index in [2.05, 4.69) is 46.6 Å². The zero-order chi connectivity index (χ0) is 9.42. The molecule has 0 aliphatic carbocycles. The smallest absolute Gasteiger partial charge is 0.201 e. The normalized spacial score (nSPS) is 10.9. The van der Waals surface area contributed by atoms with E-state index in [9.17, 15) is 0 Å². The Morgan fingerprint density at radius 1 is 1.54 bits per heavy atom. The number of halogens is 1. The molecule has 1 heterocycles. The van der Waals surface area contributed by atoms with Gasteiger partial charge in [-0.1, -0.05) is 0 Å². The number of nitrogen functional groups attached to an aromatic ring is 1. The molecule has 0 amide bonds. The maximum absolute atomic E-state index is 5.76. The number of anilines is 1. The van der Waals surface area contributed by atoms with E-state index in [4.69, 9.17) is 5.73 Å². The first-order chi connectivity index (χ1) is 6.22. The van der Waals surface area contributed by atoms with Gasteiger partial charge in [-0.15, -0.1) is 0 Å². The summed E-state index contributed by atoms with van der Waals surface area (Å²) < 4.78 is 3.19. The highest BCUT2D eigenvalue weighted by Gasteiger charge is 2.05. The zero-order valence-electron chi connectivity index (χ0n) is 7.29. The molecule has 13 heavy (non-hydrogen) atoms. The van der Waals surface area contributed by atoms with Crippen molar-refractivity contribution in [3.05, 3.63) is 21.8 Å². The number of fused-ring (bicyclic) bond motifs is 1. The Hall–Kier alpha value is -0.780. The summed E-state index contributed by atoms with van der Waals surface area (Å²) in [6.45, 7) is 2.93. The minimum Gasteiger partial charge on any atom is -0.369 e. The molecule has 4 heteroatoms. The fourth-order valence-corrected chi connectivity index (χ4v) is 1.93. The van der Waals surface area contributed by atoms with Crippen LogP contribution in [0.15, 0.2) is 18.2 Å². The van der Waals surface area contributed by atoms with Gasteiger partial charge in [0.2, 0.25) is 5.95 Å². The minimum absolute atomic E-state index is 0.597. The Balaban J connectivity index is 2.79. The molecule has 3 nitrogen and oxygen atoms in total. The summed E-state index contributed by atoms with van der Waals surface area (Å²) in [7, 11) is 0. The maximum atomic E-state index is 5.76. The number of hydrogen-bond donors (Lipinski definition) is 1. The molecule has 0 aliphatic heterocycles. The Bertz CT molecular complexity index is 447. The monoisotopic (exact) mass is 287 g/mol. The van der Waals surface area contributed by atoms with E-state index in [1.807, 2.05) is 10.6 Å². The second-order valence-electron chi connectivity index (χ2n) is 2.85. The number of hydrogen-bond acceptors (Lipinski definition) is 2. The largest absolute Gasteiger partial charge is 0.369 e. The lowest BCUT2D eigenvalue weighted by Crippen LogP contribution is -2.00. The van der Waals surface area contributed by atoms with Crippen LogP contribution in [0.4, 0.5) is 5.95 Å². The molecule has 2 aromatic rings. The van der Waals surface area contributed by atoms with Crippen molar-refractivity contribution in [1.82, 2.24) is 9.55 Å². The highest BCUT2D eigenvalue weighted by molar-refractivity contribution is 14.1. The van der Waals surface area contributed by atoms with E-state index in [0.717, 1.165) is 17.6 Å². The number of nitrogens with zero attached hydrogens (tertiary/aromatic N) is 2. The van der Waals surface area contributed by atoms with Crippen LogP contribution in [0.5, 0.6) is 0 Å². The van der Waals surface area contributed by atoms with E-state index < -0.39 is 0 Å². The zero-order valence-corrected chi connectivity index (χ0v) is 9.45. The van der Waals surface area contributed by atoms with E-state index in [0.29, 0.717) is 5.95 Å². The predicted octanol–water partition coefficient (Wildman–Crippen LogP) is 2.24. The van der Waals surface area contributed by atoms with Gasteiger partial charge in [-0.25, -0.2) is 4.98 Å². The molecule has 68 valence electrons. The van der Waals surface area contributed by atoms with Crippen LogP contribution < -0.4 is 5.73 Å². The summed E-state index contributed by atoms with van der Waals surface area (Å²) in [6.07, 6.45) is 0. The first kappa shape index (κ1) is 8.80. The molecule has 2 rings (SSSR count). The first-order valence-electron chi connectivity index (χ1n) is 4.13. The maximum Gasteiger partial charge on any atom is 0.201 e. The molecular formula is C9H10IN3. The summed E-state index contributed by atoms with van der Waals surface area (Å²) in [4.78, 5) is 4.28. The topological polar surface area (TPSA) is 43.8 Å². The summed E-state index contributed by atoms with van der Waals surface area (Å²) in [5.41, 5.74) is 7.85. The first-order valence-corrected chi connectivity index (χ1v) is 5.21. The van der Waals surface area contributed by atoms with E-state index in [-0.39, 0.29) is 0 Å². The number of aryl methyl sites for hydroxylation is 1. The second-order valence-corrected chi connectivity index (χ2v) is 4.09. The number of rotatable bonds is 1. The lowest BCUT2D eigenvalue weighted by Gasteiger charge is -2.00. The van der Waals surface area contributed by atoms with Crippen molar-refractivity contribution >= 4 is 39.6 Å². The number of aromatic nitrogens is 2. The van der Waals surface area contributed by atoms with Crippen molar-refractivity contribution in [2.24, 2.45) is 0 Å². The van der Waals surface area contributed by atoms with Gasteiger partial charge in [-0.2, -0.15) is 0 Å². The van der Waals surface area contributed by atoms with Gasteiger partial charge >= 0.3 is 0 Å². The van der Waals surface area contributed by atoms with Crippen LogP contribution in [0, 0.1) is 3.57 Å². The van der Waals surface area contributed by atoms with Crippen molar-refractivity contribution in [3.8, 4) is 0 Å². The quantitative estimate of drug-likeness (QED) is 0.817. The second kappa shape index (κ2) is 3.17. The average Bonchev–Trinajstić information content (AvgIpc) is 2.39. The van der Waals surface area contributed by atoms with Crippen molar-refractivity contribution in [1.29, 1.82) is 0 Å². The van der Waals surface area contributed by atoms with Gasteiger partial charge in [0, 0.05) is 10.1 Å². The fourth-order valence-electron chi connectivity index (χ4n) is 1.45. The van der Waals surface area contributed by atoms with E-state index in [1.54, 1.807) is 0 Å². The molecule has 2 N–H and O–H groups in total. The summed E-state index contributed by atoms with van der Waals surface area (Å²) in [5, 5.41) is 0. The summed E-state index contributed by atoms with van der Waals surface area (Å²) in [6, 6.07) is 6.17. The third-order valence-electron chi connectivity index (χ3n) is 2.06. The Kier molecular flexibility index (Phi) is 2.15. The molecular weight excluding hydrogens is 277 g/mol. The van der Waals surface area contributed by atoms with E-state index in [1.165, 1.54) is 3.57 Å². The number of nitrogens with two attached hydrogens (primary N) is 1. The minimum atomic E-state index is 0.597. The average molecular weight is 287 g/mol. The standard InChI is InChI=1S/C9H10IN3/c1-2-13-8-4-3-6(10)5-7(8)12-9(13)11/h3-5H,2H2,1H3,(H2,11,12). The van der Waals surface area contributed by atoms with Gasteiger partial charge in [-0.05, 0) is 47.7 Å². The van der Waals surface area contributed by atoms with Gasteiger partial charge in [-0.3, -0.25) is 0 Å². The fraction of sp³-hybridized carbons (Fsp3) is 0.222. The van der Waals surface area contributed by atoms with Crippen molar-refractivity contribution in [3.63, 3.8) is 0 Å². The Labute approximate surface area is 90.1 Å². The molecule has 0 saturated heterocycles. The van der Waals surface area contributed by atoms with Gasteiger partial charge < -0.3 is 10.3 Å². The molecule has 0 spiro atoms. The number of imidazole rings is 1. The molecule has 0 unspecified atom stereocenters. The van der Waals surface area contributed by atoms with Crippen LogP contribution in [0.2, 0.25) is 0 Å². The predicted molar refractivity (Wildman–Crippen MR) is 62.5 cm³/mol. The molecule has 0 atom stereocenters. The third-order valence-corrected chi connectivity index (χ3v) is 2.73. The van der Waals surface area contributed by atoms with Crippen LogP contribution in [-0.4, -0.2) is 9.55 Å². The molecule has 0 radical (unpaired) electrons. The molecule has 1 aromatic heterocycles. The number of benzene rings is 1. The third kappa shape index (κ3) is 1.39. The summed E-state index contributed by atoms with van der Waals surface area (Å²) in [5.74, 6) is 0.597. The Morgan fingerprint density at radius 2 is 2.31 bits per heavy atom. The lowest BCUT2D eigenvalue weighted by atomic mass is 10.3. The molecule has 0 fully saturated rings. The van der Waals surface area contributed by atoms with Gasteiger partial charge in [0.1, 0.15) is 0 Å². The van der Waals surface area contributed by atoms with Crippen molar-refractivity contribution in [2.75, 3.05) is 5.73 Å². The van der Waals surface area contributed by atoms with Crippen LogP contribution in [0.3, 0.4) is 0 Å². The SMILES string of the molecule is CCn1c(N)nc2cc(I)ccc21. The van der Waals surface area contributed by atoms with E-state index >= 15 is 0 Å². The molecule has 0 aliphatic rings. The van der Waals surface area contributed by atoms with Gasteiger partial charge in [0.15, 0.2) is 0 Å². The van der Waals surface area contributed by atoms with Crippen LogP contribution >= 0.6 is 22.6 Å². The lowest BCUT2D eigenvalue weighted by molar-refractivity contribution is 0.800. The van der Waals surface area contributed by atoms with Crippen LogP contribution in [0.25, 0.3) is 11.0 Å². The highest BCUT2D eigenvalue weighted by atomic mass is 127. The highest BCUT2D eigenvalue weighted by Crippen LogP contribution is 2.19. The molecule has 0 bridgehead atoms. The van der Waals surface area contributed by atoms with Crippen molar-refractivity contribution < 1.29 is 0 Å². The molecule has 1 aromatic carbocycles. The Morgan fingerprint density at radius 3 is 3.00 bits per heavy atom. The van der Waals surface area contributed by atoms with Gasteiger partial charge in [0.25, 0.3) is 0 Å². The van der Waals surface area contributed by atoms with Gasteiger partial charge in [0.05, 0.1) is 11.0 Å². The van der Waals surface area contributed by atoms with Crippen LogP contribution in [0.1, 0.15) is 6.92 Å². The summed E-state index contributed by atoms with van der Waals surface area (Å²) >= 11 is 2.27.